The minimum Gasteiger partial charge on any atom is -0.334 e. The Labute approximate surface area is 156 Å². The number of nitrogens with one attached hydrogen (secondary N) is 1. The van der Waals surface area contributed by atoms with Gasteiger partial charge in [-0.3, -0.25) is 4.79 Å². The summed E-state index contributed by atoms with van der Waals surface area (Å²) in [7, 11) is 0. The normalized spacial score (nSPS) is 13.2. The zero-order valence-electron chi connectivity index (χ0n) is 14.0. The lowest BCUT2D eigenvalue weighted by molar-refractivity contribution is 0.0734. The first-order valence-corrected chi connectivity index (χ1v) is 8.77. The molecule has 3 aromatic rings. The number of carbonyl (C=O) groups is 1. The maximum absolute atomic E-state index is 12.7. The molecule has 0 radical (unpaired) electrons. The monoisotopic (exact) mass is 364 g/mol. The Kier molecular flexibility index (Phi) is 4.54. The van der Waals surface area contributed by atoms with Gasteiger partial charge in [0.1, 0.15) is 0 Å². The second kappa shape index (κ2) is 7.14. The highest BCUT2D eigenvalue weighted by molar-refractivity contribution is 6.30. The van der Waals surface area contributed by atoms with Crippen LogP contribution in [0.3, 0.4) is 0 Å². The number of fused-ring (bicyclic) bond motifs is 1. The van der Waals surface area contributed by atoms with E-state index >= 15 is 0 Å². The van der Waals surface area contributed by atoms with Crippen LogP contribution in [0.4, 0.5) is 11.6 Å². The van der Waals surface area contributed by atoms with Crippen molar-refractivity contribution in [3.63, 3.8) is 0 Å². The highest BCUT2D eigenvalue weighted by atomic mass is 35.5. The third-order valence-electron chi connectivity index (χ3n) is 4.40. The SMILES string of the molecule is O=C(c1cnc(Nc2cccc(Cl)c2)nc1)N1CCc2ccccc2C1. The van der Waals surface area contributed by atoms with Crippen molar-refractivity contribution in [2.45, 2.75) is 13.0 Å². The quantitative estimate of drug-likeness (QED) is 0.761. The average Bonchev–Trinajstić information content (AvgIpc) is 2.68. The number of hydrogen-bond donors (Lipinski definition) is 1. The smallest absolute Gasteiger partial charge is 0.257 e. The Morgan fingerprint density at radius 3 is 2.58 bits per heavy atom. The number of anilines is 2. The van der Waals surface area contributed by atoms with Gasteiger partial charge in [-0.25, -0.2) is 9.97 Å². The molecular weight excluding hydrogens is 348 g/mol. The van der Waals surface area contributed by atoms with Gasteiger partial charge in [-0.05, 0) is 35.7 Å². The summed E-state index contributed by atoms with van der Waals surface area (Å²) in [5.41, 5.74) is 3.80. The molecule has 1 aliphatic heterocycles. The lowest BCUT2D eigenvalue weighted by Crippen LogP contribution is -2.36. The van der Waals surface area contributed by atoms with E-state index in [1.165, 1.54) is 11.1 Å². The first kappa shape index (κ1) is 16.5. The van der Waals surface area contributed by atoms with Crippen molar-refractivity contribution >= 4 is 29.1 Å². The van der Waals surface area contributed by atoms with E-state index in [9.17, 15) is 4.79 Å². The van der Waals surface area contributed by atoms with Crippen molar-refractivity contribution in [3.05, 3.63) is 82.6 Å². The summed E-state index contributed by atoms with van der Waals surface area (Å²) in [6.45, 7) is 1.33. The number of aromatic nitrogens is 2. The number of benzene rings is 2. The van der Waals surface area contributed by atoms with Crippen LogP contribution >= 0.6 is 11.6 Å². The standard InChI is InChI=1S/C20H17ClN4O/c21-17-6-3-7-18(10-17)24-20-22-11-16(12-23-20)19(26)25-9-8-14-4-1-2-5-15(14)13-25/h1-7,10-12H,8-9,13H2,(H,22,23,24). The van der Waals surface area contributed by atoms with Crippen LogP contribution in [0.15, 0.2) is 60.9 Å². The second-order valence-electron chi connectivity index (χ2n) is 6.18. The summed E-state index contributed by atoms with van der Waals surface area (Å²) in [4.78, 5) is 23.1. The number of halogens is 1. The molecule has 5 nitrogen and oxygen atoms in total. The predicted molar refractivity (Wildman–Crippen MR) is 102 cm³/mol. The molecule has 0 unspecified atom stereocenters. The summed E-state index contributed by atoms with van der Waals surface area (Å²) in [6, 6.07) is 15.5. The maximum atomic E-state index is 12.7. The molecule has 6 heteroatoms. The van der Waals surface area contributed by atoms with Crippen LogP contribution < -0.4 is 5.32 Å². The van der Waals surface area contributed by atoms with Crippen LogP contribution in [0.1, 0.15) is 21.5 Å². The van der Waals surface area contributed by atoms with E-state index < -0.39 is 0 Å². The van der Waals surface area contributed by atoms with E-state index in [0.29, 0.717) is 29.6 Å². The van der Waals surface area contributed by atoms with Gasteiger partial charge in [0.15, 0.2) is 0 Å². The molecule has 0 saturated heterocycles. The number of amides is 1. The van der Waals surface area contributed by atoms with Crippen molar-refractivity contribution in [1.29, 1.82) is 0 Å². The fourth-order valence-corrected chi connectivity index (χ4v) is 3.24. The third kappa shape index (κ3) is 3.53. The van der Waals surface area contributed by atoms with Crippen molar-refractivity contribution in [2.75, 3.05) is 11.9 Å². The van der Waals surface area contributed by atoms with E-state index in [-0.39, 0.29) is 5.91 Å². The molecule has 1 amide bonds. The summed E-state index contributed by atoms with van der Waals surface area (Å²) in [5, 5.41) is 3.70. The van der Waals surface area contributed by atoms with Gasteiger partial charge in [0, 0.05) is 36.2 Å². The van der Waals surface area contributed by atoms with Crippen LogP contribution in [0.5, 0.6) is 0 Å². The largest absolute Gasteiger partial charge is 0.334 e. The number of rotatable bonds is 3. The molecule has 0 saturated carbocycles. The molecule has 1 N–H and O–H groups in total. The van der Waals surface area contributed by atoms with Crippen molar-refractivity contribution in [1.82, 2.24) is 14.9 Å². The van der Waals surface area contributed by atoms with Crippen LogP contribution in [-0.4, -0.2) is 27.3 Å². The maximum Gasteiger partial charge on any atom is 0.257 e. The molecule has 0 aliphatic carbocycles. The minimum absolute atomic E-state index is 0.0474. The van der Waals surface area contributed by atoms with Gasteiger partial charge in [-0.15, -0.1) is 0 Å². The molecule has 0 bridgehead atoms. The zero-order valence-corrected chi connectivity index (χ0v) is 14.8. The topological polar surface area (TPSA) is 58.1 Å². The van der Waals surface area contributed by atoms with E-state index in [2.05, 4.69) is 27.4 Å². The average molecular weight is 365 g/mol. The Bertz CT molecular complexity index is 943. The molecule has 0 fully saturated rings. The van der Waals surface area contributed by atoms with E-state index in [0.717, 1.165) is 12.1 Å². The lowest BCUT2D eigenvalue weighted by atomic mass is 9.99. The second-order valence-corrected chi connectivity index (χ2v) is 6.61. The molecule has 0 atom stereocenters. The van der Waals surface area contributed by atoms with Crippen LogP contribution in [0.25, 0.3) is 0 Å². The first-order chi connectivity index (χ1) is 12.7. The van der Waals surface area contributed by atoms with Gasteiger partial charge in [-0.1, -0.05) is 41.9 Å². The van der Waals surface area contributed by atoms with Crippen molar-refractivity contribution < 1.29 is 4.79 Å². The van der Waals surface area contributed by atoms with Gasteiger partial charge >= 0.3 is 0 Å². The zero-order chi connectivity index (χ0) is 17.9. The van der Waals surface area contributed by atoms with Crippen LogP contribution in [0.2, 0.25) is 5.02 Å². The Hall–Kier alpha value is -2.92. The Morgan fingerprint density at radius 2 is 1.81 bits per heavy atom. The predicted octanol–water partition coefficient (Wildman–Crippen LogP) is 4.07. The third-order valence-corrected chi connectivity index (χ3v) is 4.63. The number of nitrogens with zero attached hydrogens (tertiary/aromatic N) is 3. The Balaban J connectivity index is 1.46. The molecule has 2 aromatic carbocycles. The first-order valence-electron chi connectivity index (χ1n) is 8.40. The summed E-state index contributed by atoms with van der Waals surface area (Å²) in [5.74, 6) is 0.376. The van der Waals surface area contributed by atoms with Gasteiger partial charge in [-0.2, -0.15) is 0 Å². The van der Waals surface area contributed by atoms with Gasteiger partial charge in [0.25, 0.3) is 5.91 Å². The van der Waals surface area contributed by atoms with Crippen LogP contribution in [-0.2, 0) is 13.0 Å². The van der Waals surface area contributed by atoms with E-state index in [1.807, 2.05) is 29.2 Å². The summed E-state index contributed by atoms with van der Waals surface area (Å²) >= 11 is 5.97. The highest BCUT2D eigenvalue weighted by Crippen LogP contribution is 2.21. The van der Waals surface area contributed by atoms with Crippen molar-refractivity contribution in [2.24, 2.45) is 0 Å². The Morgan fingerprint density at radius 1 is 1.04 bits per heavy atom. The molecule has 26 heavy (non-hydrogen) atoms. The molecule has 4 rings (SSSR count). The molecule has 130 valence electrons. The number of carbonyl (C=O) groups excluding carboxylic acids is 1. The van der Waals surface area contributed by atoms with Crippen LogP contribution in [0, 0.1) is 0 Å². The fourth-order valence-electron chi connectivity index (χ4n) is 3.05. The highest BCUT2D eigenvalue weighted by Gasteiger charge is 2.22. The van der Waals surface area contributed by atoms with Gasteiger partial charge in [0.05, 0.1) is 5.56 Å². The van der Waals surface area contributed by atoms with E-state index in [4.69, 9.17) is 11.6 Å². The minimum atomic E-state index is -0.0474. The molecule has 0 spiro atoms. The van der Waals surface area contributed by atoms with E-state index in [1.54, 1.807) is 24.5 Å². The molecular formula is C20H17ClN4O. The summed E-state index contributed by atoms with van der Waals surface area (Å²) in [6.07, 6.45) is 3.99. The molecule has 1 aromatic heterocycles. The van der Waals surface area contributed by atoms with Crippen molar-refractivity contribution in [3.8, 4) is 0 Å². The fraction of sp³-hybridized carbons (Fsp3) is 0.150. The lowest BCUT2D eigenvalue weighted by Gasteiger charge is -2.28. The molecule has 1 aliphatic rings. The number of hydrogen-bond acceptors (Lipinski definition) is 4. The molecule has 2 heterocycles. The summed E-state index contributed by atoms with van der Waals surface area (Å²) < 4.78 is 0. The van der Waals surface area contributed by atoms with Gasteiger partial charge in [0.2, 0.25) is 5.95 Å². The van der Waals surface area contributed by atoms with Gasteiger partial charge < -0.3 is 10.2 Å².